The van der Waals surface area contributed by atoms with Crippen LogP contribution in [0.5, 0.6) is 0 Å². The van der Waals surface area contributed by atoms with E-state index in [9.17, 15) is 4.39 Å². The van der Waals surface area contributed by atoms with Gasteiger partial charge < -0.3 is 5.43 Å². The molecule has 0 unspecified atom stereocenters. The second kappa shape index (κ2) is 5.31. The maximum Gasteiger partial charge on any atom is 0.134 e. The van der Waals surface area contributed by atoms with Crippen LogP contribution in [0.2, 0.25) is 5.02 Å². The quantitative estimate of drug-likeness (QED) is 0.548. The van der Waals surface area contributed by atoms with Crippen LogP contribution in [0.3, 0.4) is 0 Å². The van der Waals surface area contributed by atoms with E-state index in [1.165, 1.54) is 12.1 Å². The maximum atomic E-state index is 14.1. The van der Waals surface area contributed by atoms with Crippen LogP contribution in [-0.2, 0) is 0 Å². The number of fused-ring (bicyclic) bond motifs is 1. The van der Waals surface area contributed by atoms with E-state index in [0.717, 1.165) is 16.8 Å². The van der Waals surface area contributed by atoms with Crippen molar-refractivity contribution >= 4 is 28.2 Å². The fourth-order valence-electron chi connectivity index (χ4n) is 2.45. The molecule has 0 radical (unpaired) electrons. The smallest absolute Gasteiger partial charge is 0.134 e. The number of benzene rings is 2. The minimum Gasteiger partial charge on any atom is -0.323 e. The first kappa shape index (κ1) is 13.8. The number of anilines is 1. The monoisotopic (exact) mass is 301 g/mol. The number of halogens is 2. The molecule has 0 amide bonds. The molecule has 0 saturated heterocycles. The van der Waals surface area contributed by atoms with Crippen molar-refractivity contribution < 1.29 is 4.39 Å². The van der Waals surface area contributed by atoms with E-state index < -0.39 is 5.82 Å². The van der Waals surface area contributed by atoms with E-state index in [4.69, 9.17) is 17.4 Å². The molecule has 2 aromatic carbocycles. The second-order valence-corrected chi connectivity index (χ2v) is 5.13. The van der Waals surface area contributed by atoms with Gasteiger partial charge in [0.05, 0.1) is 27.3 Å². The Morgan fingerprint density at radius 2 is 1.86 bits per heavy atom. The Morgan fingerprint density at radius 3 is 2.52 bits per heavy atom. The second-order valence-electron chi connectivity index (χ2n) is 4.72. The number of rotatable bonds is 2. The number of hydrogen-bond acceptors (Lipinski definition) is 3. The van der Waals surface area contributed by atoms with Crippen molar-refractivity contribution in [2.24, 2.45) is 5.84 Å². The van der Waals surface area contributed by atoms with Gasteiger partial charge in [0.1, 0.15) is 5.82 Å². The molecule has 0 aliphatic rings. The van der Waals surface area contributed by atoms with E-state index >= 15 is 0 Å². The fraction of sp³-hybridized carbons (Fsp3) is 0.0625. The highest BCUT2D eigenvalue weighted by Crippen LogP contribution is 2.36. The zero-order valence-electron chi connectivity index (χ0n) is 11.3. The van der Waals surface area contributed by atoms with Gasteiger partial charge in [-0.05, 0) is 19.1 Å². The Kier molecular flexibility index (Phi) is 3.49. The number of nitrogens with one attached hydrogen (secondary N) is 1. The first-order valence-corrected chi connectivity index (χ1v) is 6.81. The average Bonchev–Trinajstić information content (AvgIpc) is 2.51. The number of nitrogens with two attached hydrogens (primary N) is 1. The molecule has 3 aromatic rings. The summed E-state index contributed by atoms with van der Waals surface area (Å²) in [6, 6.07) is 12.5. The first-order valence-electron chi connectivity index (χ1n) is 6.44. The van der Waals surface area contributed by atoms with Gasteiger partial charge in [0.2, 0.25) is 0 Å². The molecule has 0 atom stereocenters. The molecule has 21 heavy (non-hydrogen) atoms. The van der Waals surface area contributed by atoms with Crippen LogP contribution < -0.4 is 11.3 Å². The largest absolute Gasteiger partial charge is 0.323 e. The Labute approximate surface area is 126 Å². The molecule has 0 fully saturated rings. The van der Waals surface area contributed by atoms with Gasteiger partial charge in [0, 0.05) is 11.1 Å². The van der Waals surface area contributed by atoms with Crippen molar-refractivity contribution in [1.29, 1.82) is 0 Å². The van der Waals surface area contributed by atoms with Gasteiger partial charge in [-0.15, -0.1) is 0 Å². The van der Waals surface area contributed by atoms with E-state index in [0.29, 0.717) is 21.6 Å². The number of aromatic nitrogens is 1. The van der Waals surface area contributed by atoms with Crippen LogP contribution >= 0.6 is 11.6 Å². The van der Waals surface area contributed by atoms with Crippen LogP contribution in [0.25, 0.3) is 22.2 Å². The zero-order valence-corrected chi connectivity index (χ0v) is 12.1. The third-order valence-electron chi connectivity index (χ3n) is 3.47. The summed E-state index contributed by atoms with van der Waals surface area (Å²) in [5.74, 6) is 5.19. The topological polar surface area (TPSA) is 50.9 Å². The summed E-state index contributed by atoms with van der Waals surface area (Å²) in [7, 11) is 0. The number of nitrogens with zero attached hydrogens (tertiary/aromatic N) is 1. The molecule has 3 N–H and O–H groups in total. The molecular formula is C16H13ClFN3. The fourth-order valence-corrected chi connectivity index (χ4v) is 2.65. The molecule has 106 valence electrons. The minimum atomic E-state index is -0.405. The van der Waals surface area contributed by atoms with Crippen LogP contribution in [0.15, 0.2) is 42.5 Å². The third-order valence-corrected chi connectivity index (χ3v) is 3.78. The van der Waals surface area contributed by atoms with E-state index in [-0.39, 0.29) is 0 Å². The molecule has 1 heterocycles. The molecule has 0 bridgehead atoms. The SMILES string of the molecule is Cc1c(-c2ccccc2)nc2c(Cl)ccc(F)c2c1NN. The molecule has 3 rings (SSSR count). The molecule has 0 saturated carbocycles. The minimum absolute atomic E-state index is 0.308. The number of hydrogen-bond donors (Lipinski definition) is 2. The molecule has 0 aliphatic carbocycles. The highest BCUT2D eigenvalue weighted by molar-refractivity contribution is 6.35. The predicted octanol–water partition coefficient (Wildman–Crippen LogP) is 4.29. The summed E-state index contributed by atoms with van der Waals surface area (Å²) >= 11 is 6.17. The Balaban J connectivity index is 2.44. The van der Waals surface area contributed by atoms with Crippen molar-refractivity contribution in [1.82, 2.24) is 4.98 Å². The Bertz CT molecular complexity index is 819. The number of hydrazine groups is 1. The van der Waals surface area contributed by atoms with Crippen molar-refractivity contribution in [2.45, 2.75) is 6.92 Å². The number of nitrogen functional groups attached to an aromatic ring is 1. The summed E-state index contributed by atoms with van der Waals surface area (Å²) in [5, 5.41) is 0.697. The summed E-state index contributed by atoms with van der Waals surface area (Å²) in [5.41, 5.74) is 5.90. The highest BCUT2D eigenvalue weighted by Gasteiger charge is 2.17. The predicted molar refractivity (Wildman–Crippen MR) is 84.7 cm³/mol. The van der Waals surface area contributed by atoms with Crippen LogP contribution in [0.4, 0.5) is 10.1 Å². The van der Waals surface area contributed by atoms with Gasteiger partial charge in [-0.1, -0.05) is 41.9 Å². The van der Waals surface area contributed by atoms with Gasteiger partial charge >= 0.3 is 0 Å². The summed E-state index contributed by atoms with van der Waals surface area (Å²) in [6.45, 7) is 1.85. The normalized spacial score (nSPS) is 10.9. The maximum absolute atomic E-state index is 14.1. The average molecular weight is 302 g/mol. The lowest BCUT2D eigenvalue weighted by molar-refractivity contribution is 0.639. The lowest BCUT2D eigenvalue weighted by atomic mass is 10.0. The highest BCUT2D eigenvalue weighted by atomic mass is 35.5. The molecule has 0 aliphatic heterocycles. The van der Waals surface area contributed by atoms with Gasteiger partial charge in [-0.2, -0.15) is 0 Å². The Hall–Kier alpha value is -2.17. The van der Waals surface area contributed by atoms with Gasteiger partial charge in [-0.3, -0.25) is 5.84 Å². The molecule has 0 spiro atoms. The Morgan fingerprint density at radius 1 is 1.14 bits per heavy atom. The lowest BCUT2D eigenvalue weighted by Crippen LogP contribution is -2.11. The van der Waals surface area contributed by atoms with E-state index in [1.807, 2.05) is 37.3 Å². The number of pyridine rings is 1. The standard InChI is InChI=1S/C16H13ClFN3/c1-9-14(10-5-3-2-4-6-10)20-16-11(17)7-8-12(18)13(16)15(9)21-19/h2-8H,19H2,1H3,(H,20,21). The molecule has 5 heteroatoms. The van der Waals surface area contributed by atoms with Gasteiger partial charge in [-0.25, -0.2) is 9.37 Å². The van der Waals surface area contributed by atoms with Crippen LogP contribution in [0, 0.1) is 12.7 Å². The van der Waals surface area contributed by atoms with Crippen molar-refractivity contribution in [3.8, 4) is 11.3 Å². The van der Waals surface area contributed by atoms with Crippen LogP contribution in [-0.4, -0.2) is 4.98 Å². The van der Waals surface area contributed by atoms with Crippen LogP contribution in [0.1, 0.15) is 5.56 Å². The summed E-state index contributed by atoms with van der Waals surface area (Å²) < 4.78 is 14.1. The van der Waals surface area contributed by atoms with E-state index in [1.54, 1.807) is 0 Å². The lowest BCUT2D eigenvalue weighted by Gasteiger charge is -2.15. The first-order chi connectivity index (χ1) is 10.1. The zero-order chi connectivity index (χ0) is 15.0. The third kappa shape index (κ3) is 2.22. The van der Waals surface area contributed by atoms with Gasteiger partial charge in [0.15, 0.2) is 0 Å². The summed E-state index contributed by atoms with van der Waals surface area (Å²) in [6.07, 6.45) is 0. The molecular weight excluding hydrogens is 289 g/mol. The van der Waals surface area contributed by atoms with Crippen molar-refractivity contribution in [3.05, 3.63) is 58.9 Å². The van der Waals surface area contributed by atoms with Crippen molar-refractivity contribution in [3.63, 3.8) is 0 Å². The van der Waals surface area contributed by atoms with Crippen molar-refractivity contribution in [2.75, 3.05) is 5.43 Å². The molecule has 3 nitrogen and oxygen atoms in total. The van der Waals surface area contributed by atoms with E-state index in [2.05, 4.69) is 10.4 Å². The van der Waals surface area contributed by atoms with Gasteiger partial charge in [0.25, 0.3) is 0 Å². The molecule has 1 aromatic heterocycles. The summed E-state index contributed by atoms with van der Waals surface area (Å²) in [4.78, 5) is 4.55.